The predicted octanol–water partition coefficient (Wildman–Crippen LogP) is 3.31. The molecule has 144 valence electrons. The molecule has 0 saturated carbocycles. The van der Waals surface area contributed by atoms with Gasteiger partial charge in [0.15, 0.2) is 0 Å². The minimum absolute atomic E-state index is 0.0563. The molecular formula is C22H29N3O2. The molecule has 0 heterocycles. The topological polar surface area (TPSA) is 52.7 Å². The first kappa shape index (κ1) is 20.6. The van der Waals surface area contributed by atoms with Crippen molar-refractivity contribution in [1.29, 1.82) is 0 Å². The molecule has 0 radical (unpaired) electrons. The largest absolute Gasteiger partial charge is 0.347 e. The van der Waals surface area contributed by atoms with E-state index in [-0.39, 0.29) is 18.4 Å². The van der Waals surface area contributed by atoms with Crippen LogP contribution in [0.3, 0.4) is 0 Å². The third-order valence-corrected chi connectivity index (χ3v) is 4.57. The monoisotopic (exact) mass is 367 g/mol. The number of hydrogen-bond acceptors (Lipinski definition) is 3. The molecule has 1 N–H and O–H groups in total. The standard InChI is InChI=1S/C22H29N3O2/c1-15-12-16(2)20(17(3)13-15)23-19(26)14-25(6)21(22(27)24(4)5)18-10-8-7-9-11-18/h7-13,21H,14H2,1-6H3,(H,23,26)/t21-/m1/s1. The summed E-state index contributed by atoms with van der Waals surface area (Å²) in [7, 11) is 5.25. The third-order valence-electron chi connectivity index (χ3n) is 4.57. The average Bonchev–Trinajstić information content (AvgIpc) is 2.59. The van der Waals surface area contributed by atoms with Gasteiger partial charge in [-0.2, -0.15) is 0 Å². The van der Waals surface area contributed by atoms with Gasteiger partial charge in [0, 0.05) is 19.8 Å². The molecule has 0 aliphatic carbocycles. The zero-order chi connectivity index (χ0) is 20.1. The lowest BCUT2D eigenvalue weighted by Crippen LogP contribution is -2.41. The van der Waals surface area contributed by atoms with E-state index in [1.807, 2.05) is 51.1 Å². The molecule has 5 nitrogen and oxygen atoms in total. The van der Waals surface area contributed by atoms with Crippen LogP contribution in [-0.2, 0) is 9.59 Å². The smallest absolute Gasteiger partial charge is 0.244 e. The second-order valence-corrected chi connectivity index (χ2v) is 7.28. The van der Waals surface area contributed by atoms with Crippen LogP contribution in [0.4, 0.5) is 5.69 Å². The Labute approximate surface area is 162 Å². The molecule has 2 rings (SSSR count). The van der Waals surface area contributed by atoms with Crippen LogP contribution >= 0.6 is 0 Å². The molecular weight excluding hydrogens is 338 g/mol. The van der Waals surface area contributed by atoms with Gasteiger partial charge in [0.2, 0.25) is 11.8 Å². The van der Waals surface area contributed by atoms with Crippen molar-refractivity contribution in [3.05, 3.63) is 64.7 Å². The first-order chi connectivity index (χ1) is 12.7. The fourth-order valence-corrected chi connectivity index (χ4v) is 3.34. The van der Waals surface area contributed by atoms with Crippen molar-refractivity contribution >= 4 is 17.5 Å². The molecule has 5 heteroatoms. The summed E-state index contributed by atoms with van der Waals surface area (Å²) in [6.07, 6.45) is 0. The Balaban J connectivity index is 2.18. The lowest BCUT2D eigenvalue weighted by Gasteiger charge is -2.29. The van der Waals surface area contributed by atoms with E-state index in [1.54, 1.807) is 30.9 Å². The third kappa shape index (κ3) is 5.17. The number of anilines is 1. The number of likely N-dealkylation sites (N-methyl/N-ethyl adjacent to an activating group) is 2. The van der Waals surface area contributed by atoms with Crippen molar-refractivity contribution in [2.45, 2.75) is 26.8 Å². The van der Waals surface area contributed by atoms with E-state index in [2.05, 4.69) is 17.4 Å². The van der Waals surface area contributed by atoms with Crippen molar-refractivity contribution in [2.75, 3.05) is 33.0 Å². The molecule has 0 bridgehead atoms. The maximum absolute atomic E-state index is 12.7. The Morgan fingerprint density at radius 3 is 2.04 bits per heavy atom. The van der Waals surface area contributed by atoms with E-state index >= 15 is 0 Å². The number of nitrogens with one attached hydrogen (secondary N) is 1. The van der Waals surface area contributed by atoms with Gasteiger partial charge < -0.3 is 10.2 Å². The maximum Gasteiger partial charge on any atom is 0.244 e. The van der Waals surface area contributed by atoms with E-state index in [1.165, 1.54) is 5.56 Å². The van der Waals surface area contributed by atoms with Gasteiger partial charge in [-0.15, -0.1) is 0 Å². The molecule has 0 fully saturated rings. The van der Waals surface area contributed by atoms with Gasteiger partial charge in [0.25, 0.3) is 0 Å². The number of rotatable bonds is 6. The van der Waals surface area contributed by atoms with E-state index in [9.17, 15) is 9.59 Å². The van der Waals surface area contributed by atoms with E-state index in [4.69, 9.17) is 0 Å². The Morgan fingerprint density at radius 1 is 0.963 bits per heavy atom. The Kier molecular flexibility index (Phi) is 6.75. The molecule has 1 atom stereocenters. The summed E-state index contributed by atoms with van der Waals surface area (Å²) in [6.45, 7) is 6.13. The van der Waals surface area contributed by atoms with Crippen molar-refractivity contribution in [2.24, 2.45) is 0 Å². The predicted molar refractivity (Wildman–Crippen MR) is 110 cm³/mol. The molecule has 27 heavy (non-hydrogen) atoms. The normalized spacial score (nSPS) is 12.0. The Bertz CT molecular complexity index is 793. The Hall–Kier alpha value is -2.66. The fourth-order valence-electron chi connectivity index (χ4n) is 3.34. The summed E-state index contributed by atoms with van der Waals surface area (Å²) in [6, 6.07) is 13.1. The van der Waals surface area contributed by atoms with Crippen molar-refractivity contribution in [1.82, 2.24) is 9.80 Å². The van der Waals surface area contributed by atoms with E-state index in [0.717, 1.165) is 22.4 Å². The van der Waals surface area contributed by atoms with Crippen LogP contribution < -0.4 is 5.32 Å². The summed E-state index contributed by atoms with van der Waals surface area (Å²) in [4.78, 5) is 28.7. The minimum atomic E-state index is -0.507. The highest BCUT2D eigenvalue weighted by Crippen LogP contribution is 2.23. The lowest BCUT2D eigenvalue weighted by molar-refractivity contribution is -0.134. The van der Waals surface area contributed by atoms with Gasteiger partial charge in [-0.25, -0.2) is 0 Å². The molecule has 0 saturated heterocycles. The number of aryl methyl sites for hydroxylation is 3. The number of carbonyl (C=O) groups excluding carboxylic acids is 2. The minimum Gasteiger partial charge on any atom is -0.347 e. The highest BCUT2D eigenvalue weighted by molar-refractivity contribution is 5.94. The Morgan fingerprint density at radius 2 is 1.52 bits per heavy atom. The second kappa shape index (κ2) is 8.82. The van der Waals surface area contributed by atoms with Crippen molar-refractivity contribution in [3.63, 3.8) is 0 Å². The number of nitrogens with zero attached hydrogens (tertiary/aromatic N) is 2. The van der Waals surface area contributed by atoms with Crippen LogP contribution in [0.5, 0.6) is 0 Å². The van der Waals surface area contributed by atoms with Gasteiger partial charge in [-0.3, -0.25) is 14.5 Å². The number of carbonyl (C=O) groups is 2. The zero-order valence-corrected chi connectivity index (χ0v) is 17.0. The summed E-state index contributed by atoms with van der Waals surface area (Å²) >= 11 is 0. The summed E-state index contributed by atoms with van der Waals surface area (Å²) < 4.78 is 0. The zero-order valence-electron chi connectivity index (χ0n) is 17.0. The van der Waals surface area contributed by atoms with Gasteiger partial charge in [-0.1, -0.05) is 48.0 Å². The fraction of sp³-hybridized carbons (Fsp3) is 0.364. The van der Waals surface area contributed by atoms with Gasteiger partial charge in [0.1, 0.15) is 6.04 Å². The van der Waals surface area contributed by atoms with Crippen LogP contribution in [-0.4, -0.2) is 49.3 Å². The van der Waals surface area contributed by atoms with Crippen LogP contribution in [0.25, 0.3) is 0 Å². The molecule has 0 aliphatic rings. The van der Waals surface area contributed by atoms with Crippen LogP contribution in [0.2, 0.25) is 0 Å². The van der Waals surface area contributed by atoms with Gasteiger partial charge in [-0.05, 0) is 44.5 Å². The first-order valence-corrected chi connectivity index (χ1v) is 9.04. The molecule has 0 spiro atoms. The van der Waals surface area contributed by atoms with E-state index < -0.39 is 6.04 Å². The lowest BCUT2D eigenvalue weighted by atomic mass is 10.0. The summed E-state index contributed by atoms with van der Waals surface area (Å²) in [5.74, 6) is -0.195. The molecule has 2 aromatic carbocycles. The number of hydrogen-bond donors (Lipinski definition) is 1. The number of amides is 2. The van der Waals surface area contributed by atoms with Crippen LogP contribution in [0, 0.1) is 20.8 Å². The van der Waals surface area contributed by atoms with Crippen LogP contribution in [0.15, 0.2) is 42.5 Å². The molecule has 0 aromatic heterocycles. The van der Waals surface area contributed by atoms with Gasteiger partial charge in [0.05, 0.1) is 6.54 Å². The quantitative estimate of drug-likeness (QED) is 0.852. The maximum atomic E-state index is 12.7. The first-order valence-electron chi connectivity index (χ1n) is 9.04. The second-order valence-electron chi connectivity index (χ2n) is 7.28. The highest BCUT2D eigenvalue weighted by Gasteiger charge is 2.27. The van der Waals surface area contributed by atoms with E-state index in [0.29, 0.717) is 0 Å². The highest BCUT2D eigenvalue weighted by atomic mass is 16.2. The molecule has 2 amide bonds. The number of benzene rings is 2. The molecule has 0 unspecified atom stereocenters. The molecule has 2 aromatic rings. The van der Waals surface area contributed by atoms with Crippen molar-refractivity contribution in [3.8, 4) is 0 Å². The van der Waals surface area contributed by atoms with Crippen molar-refractivity contribution < 1.29 is 9.59 Å². The SMILES string of the molecule is Cc1cc(C)c(NC(=O)CN(C)[C@@H](C(=O)N(C)C)c2ccccc2)c(C)c1. The van der Waals surface area contributed by atoms with Crippen LogP contribution in [0.1, 0.15) is 28.3 Å². The van der Waals surface area contributed by atoms with Gasteiger partial charge >= 0.3 is 0 Å². The molecule has 0 aliphatic heterocycles. The summed E-state index contributed by atoms with van der Waals surface area (Å²) in [5.41, 5.74) is 4.95. The average molecular weight is 367 g/mol. The summed E-state index contributed by atoms with van der Waals surface area (Å²) in [5, 5.41) is 3.01.